The Morgan fingerprint density at radius 3 is 2.67 bits per heavy atom. The lowest BCUT2D eigenvalue weighted by atomic mass is 9.61. The topological polar surface area (TPSA) is 122 Å². The number of nitrogens with one attached hydrogen (secondary N) is 2. The zero-order valence-corrected chi connectivity index (χ0v) is 19.9. The molecule has 0 spiro atoms. The number of carboxylic acids is 1. The van der Waals surface area contributed by atoms with E-state index in [1.165, 1.54) is 10.8 Å². The maximum atomic E-state index is 13.7. The summed E-state index contributed by atoms with van der Waals surface area (Å²) in [6.45, 7) is -1.80. The van der Waals surface area contributed by atoms with Gasteiger partial charge in [-0.1, -0.05) is 11.6 Å². The van der Waals surface area contributed by atoms with Gasteiger partial charge in [-0.15, -0.1) is 0 Å². The fourth-order valence-corrected chi connectivity index (χ4v) is 6.09. The number of carbonyl (C=O) groups is 1. The molecule has 0 amide bonds. The highest BCUT2D eigenvalue weighted by molar-refractivity contribution is 6.29. The van der Waals surface area contributed by atoms with Gasteiger partial charge in [0, 0.05) is 18.4 Å². The molecule has 3 aliphatic carbocycles. The van der Waals surface area contributed by atoms with Crippen LogP contribution in [0.4, 0.5) is 14.6 Å². The van der Waals surface area contributed by atoms with Gasteiger partial charge >= 0.3 is 5.97 Å². The summed E-state index contributed by atoms with van der Waals surface area (Å²) in [5.41, 5.74) is 1.82. The van der Waals surface area contributed by atoms with E-state index in [9.17, 15) is 18.7 Å². The van der Waals surface area contributed by atoms with Gasteiger partial charge < -0.3 is 20.0 Å². The van der Waals surface area contributed by atoms with Gasteiger partial charge in [-0.25, -0.2) is 28.7 Å². The predicted octanol–water partition coefficient (Wildman–Crippen LogP) is 4.80. The van der Waals surface area contributed by atoms with Crippen LogP contribution < -0.4 is 5.32 Å². The third-order valence-electron chi connectivity index (χ3n) is 7.72. The van der Waals surface area contributed by atoms with Gasteiger partial charge in [-0.2, -0.15) is 0 Å². The Morgan fingerprint density at radius 1 is 1.19 bits per heavy atom. The third-order valence-corrected chi connectivity index (χ3v) is 7.90. The van der Waals surface area contributed by atoms with E-state index in [1.807, 2.05) is 0 Å². The molecule has 4 aromatic rings. The van der Waals surface area contributed by atoms with Gasteiger partial charge in [0.2, 0.25) is 0 Å². The van der Waals surface area contributed by atoms with Crippen molar-refractivity contribution in [1.29, 1.82) is 0 Å². The number of alkyl halides is 2. The number of hydrogen-bond acceptors (Lipinski definition) is 6. The van der Waals surface area contributed by atoms with Gasteiger partial charge in [0.1, 0.15) is 35.5 Å². The lowest BCUT2D eigenvalue weighted by Gasteiger charge is -2.47. The standard InChI is InChI=1S/C24H24ClF2N7O2/c25-16-10-29-22-19(30-16)15(9-28-22)21-32-20(14-5-6-34(23(14)33-21)13(7-26)8-27)31-18-12-3-1-11(2-4-12)17(18)24(35)36/h5-6,9-13,17-18H,1-4,7-8H2,(H,28,29)(H,35,36)(H,31,32,33)/t11?,12?,17-,18-/m0/s1. The smallest absolute Gasteiger partial charge is 0.308 e. The molecule has 3 saturated carbocycles. The van der Waals surface area contributed by atoms with E-state index in [-0.39, 0.29) is 28.9 Å². The number of fused-ring (bicyclic) bond motifs is 5. The number of aromatic amines is 1. The average molecular weight is 516 g/mol. The summed E-state index contributed by atoms with van der Waals surface area (Å²) >= 11 is 6.08. The van der Waals surface area contributed by atoms with E-state index in [4.69, 9.17) is 16.6 Å². The monoisotopic (exact) mass is 515 g/mol. The summed E-state index contributed by atoms with van der Waals surface area (Å²) in [5, 5.41) is 14.2. The van der Waals surface area contributed by atoms with Crippen LogP contribution >= 0.6 is 11.6 Å². The highest BCUT2D eigenvalue weighted by Gasteiger charge is 2.47. The van der Waals surface area contributed by atoms with Crippen LogP contribution in [0.25, 0.3) is 33.6 Å². The number of rotatable bonds is 7. The van der Waals surface area contributed by atoms with Crippen LogP contribution in [0, 0.1) is 17.8 Å². The molecule has 4 heterocycles. The molecule has 0 radical (unpaired) electrons. The van der Waals surface area contributed by atoms with Crippen molar-refractivity contribution in [1.82, 2.24) is 29.5 Å². The van der Waals surface area contributed by atoms with Crippen LogP contribution in [-0.2, 0) is 4.79 Å². The van der Waals surface area contributed by atoms with E-state index < -0.39 is 31.3 Å². The Kier molecular flexibility index (Phi) is 5.74. The average Bonchev–Trinajstić information content (AvgIpc) is 3.50. The van der Waals surface area contributed by atoms with Crippen LogP contribution in [0.15, 0.2) is 24.7 Å². The number of H-pyrrole nitrogens is 1. The Labute approximate surface area is 209 Å². The molecule has 2 bridgehead atoms. The van der Waals surface area contributed by atoms with Gasteiger partial charge in [-0.3, -0.25) is 4.79 Å². The summed E-state index contributed by atoms with van der Waals surface area (Å²) in [7, 11) is 0. The minimum atomic E-state index is -1.03. The lowest BCUT2D eigenvalue weighted by molar-refractivity contribution is -0.148. The van der Waals surface area contributed by atoms with Crippen LogP contribution in [-0.4, -0.2) is 60.0 Å². The molecule has 2 atom stereocenters. The molecule has 7 rings (SSSR count). The molecule has 3 aliphatic rings. The number of carboxylic acid groups (broad SMARTS) is 1. The Hall–Kier alpha value is -3.34. The minimum absolute atomic E-state index is 0.111. The van der Waals surface area contributed by atoms with E-state index in [1.54, 1.807) is 18.5 Å². The highest BCUT2D eigenvalue weighted by atomic mass is 35.5. The first-order valence-electron chi connectivity index (χ1n) is 12.0. The molecule has 36 heavy (non-hydrogen) atoms. The van der Waals surface area contributed by atoms with Gasteiger partial charge in [-0.05, 0) is 43.6 Å². The number of anilines is 1. The third kappa shape index (κ3) is 3.68. The molecular formula is C24H24ClF2N7O2. The second-order valence-corrected chi connectivity index (χ2v) is 10.0. The fraction of sp³-hybridized carbons (Fsp3) is 0.458. The summed E-state index contributed by atoms with van der Waals surface area (Å²) in [6, 6.07) is 0.370. The second-order valence-electron chi connectivity index (χ2n) is 9.62. The molecule has 0 aromatic carbocycles. The van der Waals surface area contributed by atoms with Crippen LogP contribution in [0.2, 0.25) is 5.15 Å². The molecule has 3 N–H and O–H groups in total. The molecule has 4 aromatic heterocycles. The van der Waals surface area contributed by atoms with E-state index in [2.05, 4.69) is 25.3 Å². The van der Waals surface area contributed by atoms with Crippen molar-refractivity contribution in [3.63, 3.8) is 0 Å². The van der Waals surface area contributed by atoms with Crippen molar-refractivity contribution in [2.24, 2.45) is 17.8 Å². The first-order valence-corrected chi connectivity index (χ1v) is 12.4. The van der Waals surface area contributed by atoms with Crippen LogP contribution in [0.1, 0.15) is 31.7 Å². The second kappa shape index (κ2) is 8.95. The van der Waals surface area contributed by atoms with Crippen molar-refractivity contribution in [2.75, 3.05) is 18.7 Å². The fourth-order valence-electron chi connectivity index (χ4n) is 5.96. The minimum Gasteiger partial charge on any atom is -0.481 e. The number of halogens is 3. The van der Waals surface area contributed by atoms with E-state index in [0.29, 0.717) is 33.6 Å². The predicted molar refractivity (Wildman–Crippen MR) is 130 cm³/mol. The number of hydrogen-bond donors (Lipinski definition) is 3. The number of aromatic nitrogens is 6. The SMILES string of the molecule is O=C(O)[C@H]1C2CCC(CC2)[C@@H]1Nc1nc(-c2c[nH]c3ncc(Cl)nc23)nc2c1ccn2C(CF)CF. The zero-order valence-electron chi connectivity index (χ0n) is 19.2. The Balaban J connectivity index is 1.52. The lowest BCUT2D eigenvalue weighted by Crippen LogP contribution is -2.51. The summed E-state index contributed by atoms with van der Waals surface area (Å²) < 4.78 is 28.8. The first-order chi connectivity index (χ1) is 17.5. The number of aliphatic carboxylic acids is 1. The molecule has 0 unspecified atom stereocenters. The molecule has 0 aliphatic heterocycles. The van der Waals surface area contributed by atoms with Crippen molar-refractivity contribution in [3.05, 3.63) is 29.8 Å². The van der Waals surface area contributed by atoms with Crippen molar-refractivity contribution in [2.45, 2.75) is 37.8 Å². The summed E-state index contributed by atoms with van der Waals surface area (Å²) in [6.07, 6.45) is 8.39. The molecule has 9 nitrogen and oxygen atoms in total. The van der Waals surface area contributed by atoms with Crippen molar-refractivity contribution in [3.8, 4) is 11.4 Å². The highest BCUT2D eigenvalue weighted by Crippen LogP contribution is 2.47. The number of nitrogens with zero attached hydrogens (tertiary/aromatic N) is 5. The van der Waals surface area contributed by atoms with Gasteiger partial charge in [0.05, 0.1) is 29.1 Å². The summed E-state index contributed by atoms with van der Waals surface area (Å²) in [5.74, 6) is -0.346. The van der Waals surface area contributed by atoms with E-state index in [0.717, 1.165) is 25.7 Å². The maximum absolute atomic E-state index is 13.7. The quantitative estimate of drug-likeness (QED) is 0.323. The molecular weight excluding hydrogens is 492 g/mol. The van der Waals surface area contributed by atoms with Crippen molar-refractivity contribution < 1.29 is 18.7 Å². The first kappa shape index (κ1) is 23.1. The van der Waals surface area contributed by atoms with Crippen molar-refractivity contribution >= 4 is 45.6 Å². The molecule has 3 fully saturated rings. The maximum Gasteiger partial charge on any atom is 0.308 e. The van der Waals surface area contributed by atoms with E-state index >= 15 is 0 Å². The van der Waals surface area contributed by atoms with Gasteiger partial charge in [0.25, 0.3) is 0 Å². The molecule has 188 valence electrons. The van der Waals surface area contributed by atoms with Crippen LogP contribution in [0.3, 0.4) is 0 Å². The Bertz CT molecular complexity index is 1450. The zero-order chi connectivity index (χ0) is 25.0. The summed E-state index contributed by atoms with van der Waals surface area (Å²) in [4.78, 5) is 33.3. The van der Waals surface area contributed by atoms with Gasteiger partial charge in [0.15, 0.2) is 11.5 Å². The molecule has 0 saturated heterocycles. The largest absolute Gasteiger partial charge is 0.481 e. The Morgan fingerprint density at radius 2 is 1.94 bits per heavy atom. The molecule has 12 heteroatoms. The normalized spacial score (nSPS) is 23.7. The van der Waals surface area contributed by atoms with Crippen LogP contribution in [0.5, 0.6) is 0 Å².